The zero-order chi connectivity index (χ0) is 35.6. The number of aryl methyl sites for hydroxylation is 2. The Bertz CT molecular complexity index is 2050. The van der Waals surface area contributed by atoms with Gasteiger partial charge in [-0.05, 0) is 38.7 Å². The molecule has 1 aliphatic heterocycles. The van der Waals surface area contributed by atoms with Crippen LogP contribution in [0.5, 0.6) is 11.6 Å². The van der Waals surface area contributed by atoms with E-state index in [1.54, 1.807) is 28.5 Å². The van der Waals surface area contributed by atoms with Crippen LogP contribution in [0.1, 0.15) is 54.5 Å². The maximum atomic E-state index is 14.2. The number of methoxy groups -OCH3 is 1. The second-order valence-corrected chi connectivity index (χ2v) is 13.2. The summed E-state index contributed by atoms with van der Waals surface area (Å²) < 4.78 is 48.3. The lowest BCUT2D eigenvalue weighted by Crippen LogP contribution is -2.78. The van der Waals surface area contributed by atoms with Crippen LogP contribution < -0.4 is 20.5 Å². The summed E-state index contributed by atoms with van der Waals surface area (Å²) in [6.45, 7) is 4.52. The molecule has 264 valence electrons. The van der Waals surface area contributed by atoms with Crippen molar-refractivity contribution in [3.63, 3.8) is 0 Å². The van der Waals surface area contributed by atoms with Crippen molar-refractivity contribution in [2.75, 3.05) is 38.2 Å². The smallest absolute Gasteiger partial charge is 0.394 e. The molecule has 4 aliphatic rings. The second-order valence-electron chi connectivity index (χ2n) is 13.2. The highest BCUT2D eigenvalue weighted by Gasteiger charge is 2.78. The molecule has 3 aliphatic carbocycles. The van der Waals surface area contributed by atoms with Gasteiger partial charge in [0.15, 0.2) is 17.3 Å². The van der Waals surface area contributed by atoms with E-state index in [2.05, 4.69) is 30.4 Å². The van der Waals surface area contributed by atoms with Crippen molar-refractivity contribution in [1.82, 2.24) is 44.3 Å². The highest BCUT2D eigenvalue weighted by Crippen LogP contribution is 2.73. The lowest BCUT2D eigenvalue weighted by Gasteiger charge is -2.70. The average Bonchev–Trinajstić information content (AvgIpc) is 3.52. The van der Waals surface area contributed by atoms with Gasteiger partial charge >= 0.3 is 6.18 Å². The summed E-state index contributed by atoms with van der Waals surface area (Å²) in [6, 6.07) is 3.30. The molecule has 2 N–H and O–H groups in total. The molecule has 0 radical (unpaired) electrons. The van der Waals surface area contributed by atoms with Crippen LogP contribution in [0.3, 0.4) is 0 Å². The SMILES string of the molecule is CCc1c(N2CCN(C(=O)c3ncnc(C)c3O)CC2)c(=O)n2nc(-c3ccnc(OC)c3)nc2n1CCC(=O)NC12CC(C(F)(F)F)(C1)C2. The van der Waals surface area contributed by atoms with Gasteiger partial charge in [-0.1, -0.05) is 6.92 Å². The molecule has 0 aromatic carbocycles. The van der Waals surface area contributed by atoms with Crippen molar-refractivity contribution in [1.29, 1.82) is 0 Å². The fraction of sp³-hybridized carbons (Fsp3) is 0.500. The Morgan fingerprint density at radius 1 is 1.10 bits per heavy atom. The Morgan fingerprint density at radius 3 is 2.48 bits per heavy atom. The van der Waals surface area contributed by atoms with Crippen LogP contribution in [0.25, 0.3) is 17.2 Å². The summed E-state index contributed by atoms with van der Waals surface area (Å²) >= 11 is 0. The molecule has 5 heterocycles. The second kappa shape index (κ2) is 11.9. The maximum absolute atomic E-state index is 14.2. The number of alkyl halides is 3. The van der Waals surface area contributed by atoms with Crippen LogP contribution in [-0.4, -0.2) is 101 Å². The quantitative estimate of drug-likeness (QED) is 0.263. The number of hydrogen-bond donors (Lipinski definition) is 2. The van der Waals surface area contributed by atoms with Crippen LogP contribution in [-0.2, 0) is 17.8 Å². The topological polar surface area (TPSA) is 173 Å². The molecule has 8 rings (SSSR count). The average molecular weight is 697 g/mol. The molecule has 1 saturated heterocycles. The zero-order valence-electron chi connectivity index (χ0n) is 27.6. The normalized spacial score (nSPS) is 21.5. The van der Waals surface area contributed by atoms with Gasteiger partial charge in [-0.2, -0.15) is 22.7 Å². The summed E-state index contributed by atoms with van der Waals surface area (Å²) in [7, 11) is 1.47. The van der Waals surface area contributed by atoms with E-state index >= 15 is 0 Å². The Hall–Kier alpha value is -5.29. The first-order chi connectivity index (χ1) is 23.8. The molecular formula is C32H35F3N10O5. The number of hydrogen-bond acceptors (Lipinski definition) is 11. The van der Waals surface area contributed by atoms with Gasteiger partial charge in [-0.15, -0.1) is 5.10 Å². The fourth-order valence-electron chi connectivity index (χ4n) is 7.48. The first-order valence-electron chi connectivity index (χ1n) is 16.2. The Morgan fingerprint density at radius 2 is 1.82 bits per heavy atom. The molecule has 15 nitrogen and oxygen atoms in total. The minimum absolute atomic E-state index is 0.0683. The lowest BCUT2D eigenvalue weighted by molar-refractivity contribution is -0.337. The fourth-order valence-corrected chi connectivity index (χ4v) is 7.48. The molecule has 0 unspecified atom stereocenters. The van der Waals surface area contributed by atoms with E-state index in [0.717, 1.165) is 0 Å². The van der Waals surface area contributed by atoms with E-state index in [1.165, 1.54) is 24.1 Å². The van der Waals surface area contributed by atoms with Crippen LogP contribution >= 0.6 is 0 Å². The van der Waals surface area contributed by atoms with Gasteiger partial charge in [-0.25, -0.2) is 15.0 Å². The predicted molar refractivity (Wildman–Crippen MR) is 171 cm³/mol. The Kier molecular flexibility index (Phi) is 7.93. The predicted octanol–water partition coefficient (Wildman–Crippen LogP) is 2.28. The van der Waals surface area contributed by atoms with Crippen molar-refractivity contribution >= 4 is 23.3 Å². The number of aromatic nitrogens is 7. The number of halogens is 3. The van der Waals surface area contributed by atoms with Crippen molar-refractivity contribution < 1.29 is 32.6 Å². The standard InChI is InChI=1S/C32H35F3N10O5/c1-4-20-24(42-9-11-43(12-10-42)27(48)23-25(47)18(2)37-17-38-23)28(49)45-29(39-26(41-45)19-5-7-36-22(13-19)50-3)44(20)8-6-21(46)40-31-14-30(15-31,16-31)32(33,34)35/h5,7,13,17,47H,4,6,8-12,14-16H2,1-3H3,(H,40,46). The summed E-state index contributed by atoms with van der Waals surface area (Å²) in [4.78, 5) is 60.7. The number of piperazine rings is 1. The third-order valence-corrected chi connectivity index (χ3v) is 10.1. The number of nitrogens with one attached hydrogen (secondary N) is 1. The van der Waals surface area contributed by atoms with Gasteiger partial charge in [0.25, 0.3) is 11.5 Å². The molecule has 50 heavy (non-hydrogen) atoms. The van der Waals surface area contributed by atoms with Crippen molar-refractivity contribution in [2.45, 2.75) is 64.2 Å². The van der Waals surface area contributed by atoms with Crippen LogP contribution in [0, 0.1) is 12.3 Å². The third-order valence-electron chi connectivity index (χ3n) is 10.1. The highest BCUT2D eigenvalue weighted by molar-refractivity contribution is 5.95. The monoisotopic (exact) mass is 696 g/mol. The first-order valence-corrected chi connectivity index (χ1v) is 16.2. The zero-order valence-corrected chi connectivity index (χ0v) is 27.6. The molecule has 2 bridgehead atoms. The van der Waals surface area contributed by atoms with Crippen molar-refractivity contribution in [2.24, 2.45) is 5.41 Å². The lowest BCUT2D eigenvalue weighted by atomic mass is 9.39. The van der Waals surface area contributed by atoms with Gasteiger partial charge in [0.2, 0.25) is 17.6 Å². The number of carbonyl (C=O) groups excluding carboxylic acids is 2. The number of pyridine rings is 1. The Balaban J connectivity index is 1.19. The minimum atomic E-state index is -4.28. The van der Waals surface area contributed by atoms with Gasteiger partial charge in [0, 0.05) is 68.2 Å². The molecule has 2 amide bonds. The largest absolute Gasteiger partial charge is 0.504 e. The molecule has 4 aromatic heterocycles. The number of amides is 2. The number of carbonyl (C=O) groups is 2. The van der Waals surface area contributed by atoms with Crippen LogP contribution in [0.15, 0.2) is 29.5 Å². The molecule has 0 atom stereocenters. The van der Waals surface area contributed by atoms with E-state index in [0.29, 0.717) is 29.2 Å². The van der Waals surface area contributed by atoms with Gasteiger partial charge in [0.05, 0.1) is 18.2 Å². The number of anilines is 1. The van der Waals surface area contributed by atoms with Crippen molar-refractivity contribution in [3.05, 3.63) is 52.1 Å². The van der Waals surface area contributed by atoms with Crippen molar-refractivity contribution in [3.8, 4) is 23.0 Å². The molecule has 0 spiro atoms. The molecular weight excluding hydrogens is 661 g/mol. The number of aromatic hydroxyl groups is 1. The number of fused-ring (bicyclic) bond motifs is 1. The van der Waals surface area contributed by atoms with Crippen LogP contribution in [0.4, 0.5) is 18.9 Å². The third kappa shape index (κ3) is 5.36. The summed E-state index contributed by atoms with van der Waals surface area (Å²) in [6.07, 6.45) is -1.59. The first kappa shape index (κ1) is 33.2. The van der Waals surface area contributed by atoms with Gasteiger partial charge in [0.1, 0.15) is 12.0 Å². The summed E-state index contributed by atoms with van der Waals surface area (Å²) in [5.74, 6) is -0.396. The van der Waals surface area contributed by atoms with E-state index in [9.17, 15) is 32.7 Å². The van der Waals surface area contributed by atoms with E-state index in [-0.39, 0.29) is 87.1 Å². The number of ether oxygens (including phenoxy) is 1. The highest BCUT2D eigenvalue weighted by atomic mass is 19.4. The number of rotatable bonds is 9. The summed E-state index contributed by atoms with van der Waals surface area (Å²) in [5, 5.41) is 17.7. The molecule has 4 fully saturated rings. The molecule has 4 aromatic rings. The van der Waals surface area contributed by atoms with E-state index < -0.39 is 34.5 Å². The molecule has 18 heteroatoms. The van der Waals surface area contributed by atoms with Gasteiger partial charge in [-0.3, -0.25) is 14.4 Å². The van der Waals surface area contributed by atoms with Gasteiger partial charge < -0.3 is 29.5 Å². The minimum Gasteiger partial charge on any atom is -0.504 e. The van der Waals surface area contributed by atoms with E-state index in [1.807, 2.05) is 11.8 Å². The summed E-state index contributed by atoms with van der Waals surface area (Å²) in [5.41, 5.74) is -1.30. The van der Waals surface area contributed by atoms with Crippen LogP contribution in [0.2, 0.25) is 0 Å². The number of nitrogens with zero attached hydrogens (tertiary/aromatic N) is 9. The molecule has 3 saturated carbocycles. The maximum Gasteiger partial charge on any atom is 0.394 e. The Labute approximate surface area is 283 Å². The van der Waals surface area contributed by atoms with E-state index in [4.69, 9.17) is 4.74 Å².